The number of carbonyl (C=O) groups excluding carboxylic acids is 3. The summed E-state index contributed by atoms with van der Waals surface area (Å²) in [6, 6.07) is 4.27. The molecule has 328 valence electrons. The van der Waals surface area contributed by atoms with E-state index in [4.69, 9.17) is 14.9 Å². The fourth-order valence-electron chi connectivity index (χ4n) is 5.21. The van der Waals surface area contributed by atoms with E-state index >= 15 is 0 Å². The minimum atomic E-state index is -3.72. The molecule has 2 aliphatic rings. The Hall–Kier alpha value is -4.05. The Bertz CT molecular complexity index is 1570. The van der Waals surface area contributed by atoms with E-state index in [1.807, 2.05) is 21.6 Å². The van der Waals surface area contributed by atoms with Crippen molar-refractivity contribution in [2.24, 2.45) is 0 Å². The highest BCUT2D eigenvalue weighted by atomic mass is 33.1. The summed E-state index contributed by atoms with van der Waals surface area (Å²) in [5, 5.41) is 26.3. The molecule has 1 aromatic rings. The third-order valence-corrected chi connectivity index (χ3v) is 11.4. The molecule has 15 heteroatoms. The second kappa shape index (κ2) is 30.0. The number of rotatable bonds is 27. The van der Waals surface area contributed by atoms with Crippen LogP contribution in [0.25, 0.3) is 0 Å². The zero-order chi connectivity index (χ0) is 43.2. The Labute approximate surface area is 356 Å². The lowest BCUT2D eigenvalue weighted by Crippen LogP contribution is -2.41. The monoisotopic (exact) mass is 863 g/mol. The fraction of sp³-hybridized carbons (Fsp3) is 0.523. The van der Waals surface area contributed by atoms with Crippen molar-refractivity contribution in [3.8, 4) is 11.5 Å². The number of aliphatic hydroxyl groups excluding tert-OH is 2. The largest absolute Gasteiger partial charge is 0.586 e. The highest BCUT2D eigenvalue weighted by Gasteiger charge is 2.52. The molecule has 0 bridgehead atoms. The molecule has 1 aliphatic heterocycles. The number of amides is 3. The van der Waals surface area contributed by atoms with Gasteiger partial charge in [-0.15, -0.1) is 8.78 Å². The average Bonchev–Trinajstić information content (AvgIpc) is 3.96. The molecule has 59 heavy (non-hydrogen) atoms. The molecule has 0 unspecified atom stereocenters. The summed E-state index contributed by atoms with van der Waals surface area (Å²) in [5.74, 6) is 0.616. The summed E-state index contributed by atoms with van der Waals surface area (Å²) < 4.78 is 39.8. The lowest BCUT2D eigenvalue weighted by Gasteiger charge is -2.17. The van der Waals surface area contributed by atoms with Crippen LogP contribution in [0.5, 0.6) is 11.5 Å². The summed E-state index contributed by atoms with van der Waals surface area (Å²) in [7, 11) is 3.68. The van der Waals surface area contributed by atoms with Crippen molar-refractivity contribution in [3.63, 3.8) is 0 Å². The van der Waals surface area contributed by atoms with E-state index in [1.54, 1.807) is 6.07 Å². The molecule has 1 heterocycles. The molecule has 5 N–H and O–H groups in total. The van der Waals surface area contributed by atoms with Gasteiger partial charge in [0.1, 0.15) is 6.10 Å². The van der Waals surface area contributed by atoms with E-state index in [1.165, 1.54) is 12.1 Å². The van der Waals surface area contributed by atoms with Gasteiger partial charge in [0.05, 0.1) is 18.6 Å². The van der Waals surface area contributed by atoms with E-state index < -0.39 is 37.1 Å². The Morgan fingerprint density at radius 2 is 1.32 bits per heavy atom. The van der Waals surface area contributed by atoms with E-state index in [9.17, 15) is 23.2 Å². The molecular weight excluding hydrogens is 801 g/mol. The van der Waals surface area contributed by atoms with Crippen LogP contribution in [-0.2, 0) is 19.7 Å². The number of allylic oxidation sites excluding steroid dienone is 12. The van der Waals surface area contributed by atoms with E-state index in [2.05, 4.69) is 119 Å². The van der Waals surface area contributed by atoms with Crippen molar-refractivity contribution < 1.29 is 47.6 Å². The Morgan fingerprint density at radius 1 is 0.780 bits per heavy atom. The lowest BCUT2D eigenvalue weighted by atomic mass is 9.94. The summed E-state index contributed by atoms with van der Waals surface area (Å²) in [5.41, 5.74) is -0.276. The van der Waals surface area contributed by atoms with E-state index in [0.717, 1.165) is 57.2 Å². The predicted molar refractivity (Wildman–Crippen MR) is 235 cm³/mol. The predicted octanol–water partition coefficient (Wildman–Crippen LogP) is 8.61. The smallest absolute Gasteiger partial charge is 0.441 e. The first kappa shape index (κ1) is 51.1. The van der Waals surface area contributed by atoms with Crippen LogP contribution in [0.1, 0.15) is 90.5 Å². The zero-order valence-corrected chi connectivity index (χ0v) is 36.2. The molecule has 0 atom stereocenters. The highest BCUT2D eigenvalue weighted by molar-refractivity contribution is 8.76. The molecule has 0 aromatic heterocycles. The van der Waals surface area contributed by atoms with Crippen LogP contribution in [0, 0.1) is 0 Å². The van der Waals surface area contributed by atoms with Gasteiger partial charge in [-0.2, -0.15) is 0 Å². The van der Waals surface area contributed by atoms with Crippen LogP contribution < -0.4 is 25.4 Å². The number of benzene rings is 1. The molecule has 3 rings (SSSR count). The standard InChI is InChI=1S/C27H43NOS2.C17H20F2N2O7/c1-4-5-6-7-8-9-10-11-12-13-14-15-16-17-18-19-20-21-22-23-27(29)28-24-25-30-31-26(2)3;18-17(19)27-12-2-1-10(7-13(12)28-17)16(3-4-16)14(24)20-5-6-21-15(25)26-11(8-22)9-23/h5-6,8-9,11-12,14-15,17-18,20-21,26H,4,7,10,13,16,19,22-25H2,1-3H3,(H,28,29);1-2,7,11,22-23H,3-6,8-9H2,(H,20,24)(H,21,25)/b6-5-,9-8-,12-11-,15-14-,18-17-,21-20-;. The molecule has 11 nitrogen and oxygen atoms in total. The van der Waals surface area contributed by atoms with Gasteiger partial charge in [0.25, 0.3) is 0 Å². The number of aliphatic hydroxyl groups is 2. The summed E-state index contributed by atoms with van der Waals surface area (Å²) in [6.07, 6.45) is 29.3. The van der Waals surface area contributed by atoms with Crippen molar-refractivity contribution >= 4 is 39.5 Å². The highest BCUT2D eigenvalue weighted by Crippen LogP contribution is 2.51. The second-order valence-electron chi connectivity index (χ2n) is 13.8. The molecule has 0 spiro atoms. The van der Waals surface area contributed by atoms with Gasteiger partial charge in [0.15, 0.2) is 11.5 Å². The second-order valence-corrected chi connectivity index (χ2v) is 16.8. The SMILES string of the molecule is CC/C=C\C/C=C\C/C=C\C/C=C\C/C=C\C/C=C\CCC(=O)NCCSSC(C)C.O=C(NCCNC(=O)C1(c2ccc3c(c2)OC(F)(F)O3)CC1)OC(CO)CO. The first-order chi connectivity index (χ1) is 28.5. The van der Waals surface area contributed by atoms with Gasteiger partial charge >= 0.3 is 12.4 Å². The maximum atomic E-state index is 13.1. The number of ether oxygens (including phenoxy) is 3. The number of alkyl carbamates (subject to hydrolysis) is 1. The van der Waals surface area contributed by atoms with Gasteiger partial charge in [0.2, 0.25) is 11.8 Å². The van der Waals surface area contributed by atoms with E-state index in [0.29, 0.717) is 30.1 Å². The average molecular weight is 864 g/mol. The van der Waals surface area contributed by atoms with Crippen molar-refractivity contribution in [2.75, 3.05) is 38.6 Å². The van der Waals surface area contributed by atoms with Crippen molar-refractivity contribution in [2.45, 2.75) is 108 Å². The third-order valence-electron chi connectivity index (χ3n) is 8.40. The summed E-state index contributed by atoms with van der Waals surface area (Å²) in [4.78, 5) is 35.7. The minimum absolute atomic E-state index is 0.0671. The molecule has 1 aliphatic carbocycles. The Morgan fingerprint density at radius 3 is 1.86 bits per heavy atom. The van der Waals surface area contributed by atoms with Gasteiger partial charge in [-0.1, -0.05) is 121 Å². The van der Waals surface area contributed by atoms with Gasteiger partial charge < -0.3 is 40.4 Å². The number of fused-ring (bicyclic) bond motifs is 1. The van der Waals surface area contributed by atoms with Crippen LogP contribution in [0.15, 0.2) is 91.1 Å². The summed E-state index contributed by atoms with van der Waals surface area (Å²) >= 11 is 0. The first-order valence-electron chi connectivity index (χ1n) is 20.3. The van der Waals surface area contributed by atoms with Crippen LogP contribution >= 0.6 is 21.6 Å². The number of nitrogens with one attached hydrogen (secondary N) is 3. The van der Waals surface area contributed by atoms with Gasteiger partial charge in [-0.3, -0.25) is 9.59 Å². The maximum absolute atomic E-state index is 13.1. The van der Waals surface area contributed by atoms with Gasteiger partial charge in [-0.05, 0) is 75.5 Å². The Kier molecular flexibility index (Phi) is 26.0. The van der Waals surface area contributed by atoms with Crippen molar-refractivity contribution in [3.05, 3.63) is 96.7 Å². The van der Waals surface area contributed by atoms with Crippen molar-refractivity contribution in [1.29, 1.82) is 0 Å². The van der Waals surface area contributed by atoms with Crippen LogP contribution in [0.2, 0.25) is 0 Å². The number of carbonyl (C=O) groups is 3. The molecular formula is C44H63F2N3O8S2. The molecule has 1 saturated carbocycles. The van der Waals surface area contributed by atoms with Crippen LogP contribution in [0.4, 0.5) is 13.6 Å². The molecule has 3 amide bonds. The quantitative estimate of drug-likeness (QED) is 0.0330. The van der Waals surface area contributed by atoms with Crippen LogP contribution in [-0.4, -0.2) is 84.4 Å². The lowest BCUT2D eigenvalue weighted by molar-refractivity contribution is -0.286. The number of alkyl halides is 2. The van der Waals surface area contributed by atoms with Gasteiger partial charge in [-0.25, -0.2) is 4.79 Å². The maximum Gasteiger partial charge on any atom is 0.586 e. The first-order valence-corrected chi connectivity index (χ1v) is 22.6. The van der Waals surface area contributed by atoms with E-state index in [-0.39, 0.29) is 36.4 Å². The molecule has 0 saturated heterocycles. The topological polar surface area (TPSA) is 155 Å². The molecule has 1 fully saturated rings. The number of hydrogen-bond acceptors (Lipinski definition) is 10. The normalized spacial score (nSPS) is 15.3. The molecule has 1 aromatic carbocycles. The van der Waals surface area contributed by atoms with Crippen molar-refractivity contribution in [1.82, 2.24) is 16.0 Å². The minimum Gasteiger partial charge on any atom is -0.441 e. The third kappa shape index (κ3) is 22.8. The summed E-state index contributed by atoms with van der Waals surface area (Å²) in [6.45, 7) is 6.44. The molecule has 0 radical (unpaired) electrons. The number of hydrogen-bond donors (Lipinski definition) is 5. The van der Waals surface area contributed by atoms with Crippen LogP contribution in [0.3, 0.4) is 0 Å². The Balaban J connectivity index is 0.000000408. The number of halogens is 2. The van der Waals surface area contributed by atoms with Gasteiger partial charge in [0, 0.05) is 37.1 Å². The fourth-order valence-corrected chi connectivity index (χ4v) is 7.12. The zero-order valence-electron chi connectivity index (χ0n) is 34.5.